The van der Waals surface area contributed by atoms with Crippen molar-refractivity contribution in [3.63, 3.8) is 0 Å². The van der Waals surface area contributed by atoms with E-state index in [1.54, 1.807) is 19.2 Å². The summed E-state index contributed by atoms with van der Waals surface area (Å²) in [6, 6.07) is 5.38. The van der Waals surface area contributed by atoms with Crippen LogP contribution >= 0.6 is 0 Å². The molecule has 0 aliphatic rings. The topological polar surface area (TPSA) is 58.6 Å². The summed E-state index contributed by atoms with van der Waals surface area (Å²) < 4.78 is 5.31. The molecular formula is C15H23NO3. The fourth-order valence-corrected chi connectivity index (χ4v) is 1.80. The molecule has 2 N–H and O–H groups in total. The standard InChI is InChI=1S/C15H23NO3/c1-4-5-6-15(18)19-14-8-7-12(9-11(14)2)13(17)10-16-3/h7-9,13,16-17H,4-6,10H2,1-3H3. The molecule has 0 fully saturated rings. The maximum absolute atomic E-state index is 11.6. The van der Waals surface area contributed by atoms with Gasteiger partial charge in [-0.3, -0.25) is 4.79 Å². The summed E-state index contributed by atoms with van der Waals surface area (Å²) >= 11 is 0. The molecule has 0 saturated heterocycles. The second kappa shape index (κ2) is 7.92. The second-order valence-corrected chi connectivity index (χ2v) is 4.68. The number of rotatable bonds is 7. The minimum Gasteiger partial charge on any atom is -0.426 e. The van der Waals surface area contributed by atoms with E-state index in [9.17, 15) is 9.90 Å². The average Bonchev–Trinajstić information content (AvgIpc) is 2.39. The third-order valence-electron chi connectivity index (χ3n) is 2.94. The molecule has 0 bridgehead atoms. The van der Waals surface area contributed by atoms with E-state index in [1.807, 2.05) is 19.9 Å². The van der Waals surface area contributed by atoms with Gasteiger partial charge in [-0.05, 0) is 43.7 Å². The van der Waals surface area contributed by atoms with Crippen LogP contribution in [-0.2, 0) is 4.79 Å². The molecule has 1 aromatic carbocycles. The number of aliphatic hydroxyl groups is 1. The number of aliphatic hydroxyl groups excluding tert-OH is 1. The Bertz CT molecular complexity index is 418. The zero-order valence-electron chi connectivity index (χ0n) is 11.9. The van der Waals surface area contributed by atoms with Crippen molar-refractivity contribution in [2.45, 2.75) is 39.2 Å². The summed E-state index contributed by atoms with van der Waals surface area (Å²) in [5.41, 5.74) is 1.68. The van der Waals surface area contributed by atoms with Gasteiger partial charge in [0.1, 0.15) is 5.75 Å². The molecule has 0 saturated carbocycles. The summed E-state index contributed by atoms with van der Waals surface area (Å²) in [7, 11) is 1.79. The van der Waals surface area contributed by atoms with Gasteiger partial charge >= 0.3 is 5.97 Å². The van der Waals surface area contributed by atoms with Gasteiger partial charge in [0.2, 0.25) is 0 Å². The van der Waals surface area contributed by atoms with Crippen LogP contribution in [-0.4, -0.2) is 24.7 Å². The van der Waals surface area contributed by atoms with Gasteiger partial charge in [-0.15, -0.1) is 0 Å². The molecule has 4 heteroatoms. The van der Waals surface area contributed by atoms with Crippen LogP contribution in [0.15, 0.2) is 18.2 Å². The highest BCUT2D eigenvalue weighted by Crippen LogP contribution is 2.23. The SMILES string of the molecule is CCCCC(=O)Oc1ccc(C(O)CNC)cc1C. The number of esters is 1. The molecule has 0 heterocycles. The van der Waals surface area contributed by atoms with Gasteiger partial charge in [-0.25, -0.2) is 0 Å². The number of carbonyl (C=O) groups is 1. The number of carbonyl (C=O) groups excluding carboxylic acids is 1. The molecule has 1 unspecified atom stereocenters. The predicted molar refractivity (Wildman–Crippen MR) is 75.2 cm³/mol. The lowest BCUT2D eigenvalue weighted by Gasteiger charge is -2.13. The first-order chi connectivity index (χ1) is 9.08. The second-order valence-electron chi connectivity index (χ2n) is 4.68. The summed E-state index contributed by atoms with van der Waals surface area (Å²) in [6.45, 7) is 4.41. The molecule has 1 rings (SSSR count). The molecule has 1 atom stereocenters. The normalized spacial score (nSPS) is 12.2. The van der Waals surface area contributed by atoms with Crippen molar-refractivity contribution in [1.29, 1.82) is 0 Å². The number of aryl methyl sites for hydroxylation is 1. The first kappa shape index (κ1) is 15.7. The van der Waals surface area contributed by atoms with Crippen LogP contribution in [0.1, 0.15) is 43.4 Å². The van der Waals surface area contributed by atoms with E-state index < -0.39 is 6.10 Å². The van der Waals surface area contributed by atoms with Crippen molar-refractivity contribution in [3.8, 4) is 5.75 Å². The number of ether oxygens (including phenoxy) is 1. The highest BCUT2D eigenvalue weighted by atomic mass is 16.5. The molecule has 0 aromatic heterocycles. The Kier molecular flexibility index (Phi) is 6.53. The number of likely N-dealkylation sites (N-methyl/N-ethyl adjacent to an activating group) is 1. The van der Waals surface area contributed by atoms with E-state index in [1.165, 1.54) is 0 Å². The summed E-state index contributed by atoms with van der Waals surface area (Å²) in [6.07, 6.45) is 1.72. The molecule has 0 amide bonds. The number of hydrogen-bond acceptors (Lipinski definition) is 4. The van der Waals surface area contributed by atoms with Crippen molar-refractivity contribution in [3.05, 3.63) is 29.3 Å². The highest BCUT2D eigenvalue weighted by Gasteiger charge is 2.11. The number of unbranched alkanes of at least 4 members (excludes halogenated alkanes) is 1. The Morgan fingerprint density at radius 1 is 1.47 bits per heavy atom. The molecule has 0 radical (unpaired) electrons. The maximum atomic E-state index is 11.6. The van der Waals surface area contributed by atoms with E-state index in [2.05, 4.69) is 5.32 Å². The van der Waals surface area contributed by atoms with E-state index >= 15 is 0 Å². The summed E-state index contributed by atoms with van der Waals surface area (Å²) in [5, 5.41) is 12.8. The largest absolute Gasteiger partial charge is 0.426 e. The lowest BCUT2D eigenvalue weighted by Crippen LogP contribution is -2.17. The highest BCUT2D eigenvalue weighted by molar-refractivity contribution is 5.72. The van der Waals surface area contributed by atoms with Gasteiger partial charge in [0.25, 0.3) is 0 Å². The number of hydrogen-bond donors (Lipinski definition) is 2. The molecular weight excluding hydrogens is 242 g/mol. The molecule has 0 aliphatic heterocycles. The lowest BCUT2D eigenvalue weighted by atomic mass is 10.1. The Balaban J connectivity index is 2.69. The van der Waals surface area contributed by atoms with Crippen molar-refractivity contribution in [2.75, 3.05) is 13.6 Å². The maximum Gasteiger partial charge on any atom is 0.311 e. The quantitative estimate of drug-likeness (QED) is 0.587. The Morgan fingerprint density at radius 2 is 2.21 bits per heavy atom. The van der Waals surface area contributed by atoms with Gasteiger partial charge < -0.3 is 15.2 Å². The van der Waals surface area contributed by atoms with Crippen molar-refractivity contribution in [2.24, 2.45) is 0 Å². The third-order valence-corrected chi connectivity index (χ3v) is 2.94. The Morgan fingerprint density at radius 3 is 2.79 bits per heavy atom. The zero-order chi connectivity index (χ0) is 14.3. The average molecular weight is 265 g/mol. The minimum atomic E-state index is -0.548. The van der Waals surface area contributed by atoms with Crippen molar-refractivity contribution >= 4 is 5.97 Å². The van der Waals surface area contributed by atoms with Crippen LogP contribution in [0.4, 0.5) is 0 Å². The lowest BCUT2D eigenvalue weighted by molar-refractivity contribution is -0.134. The molecule has 106 valence electrons. The van der Waals surface area contributed by atoms with Crippen LogP contribution in [0, 0.1) is 6.92 Å². The van der Waals surface area contributed by atoms with Crippen LogP contribution in [0.2, 0.25) is 0 Å². The number of benzene rings is 1. The van der Waals surface area contributed by atoms with Gasteiger partial charge in [-0.2, -0.15) is 0 Å². The zero-order valence-corrected chi connectivity index (χ0v) is 11.9. The Labute approximate surface area is 114 Å². The smallest absolute Gasteiger partial charge is 0.311 e. The summed E-state index contributed by atoms with van der Waals surface area (Å²) in [5.74, 6) is 0.370. The van der Waals surface area contributed by atoms with E-state index in [0.29, 0.717) is 18.7 Å². The van der Waals surface area contributed by atoms with Gasteiger partial charge in [0.15, 0.2) is 0 Å². The molecule has 1 aromatic rings. The van der Waals surface area contributed by atoms with Crippen LogP contribution in [0.3, 0.4) is 0 Å². The monoisotopic (exact) mass is 265 g/mol. The summed E-state index contributed by atoms with van der Waals surface area (Å²) in [4.78, 5) is 11.6. The van der Waals surface area contributed by atoms with Crippen LogP contribution in [0.5, 0.6) is 5.75 Å². The molecule has 0 aliphatic carbocycles. The van der Waals surface area contributed by atoms with E-state index in [0.717, 1.165) is 24.0 Å². The van der Waals surface area contributed by atoms with Crippen molar-refractivity contribution < 1.29 is 14.6 Å². The van der Waals surface area contributed by atoms with Crippen LogP contribution < -0.4 is 10.1 Å². The Hall–Kier alpha value is -1.39. The first-order valence-corrected chi connectivity index (χ1v) is 6.72. The van der Waals surface area contributed by atoms with E-state index in [4.69, 9.17) is 4.74 Å². The van der Waals surface area contributed by atoms with E-state index in [-0.39, 0.29) is 5.97 Å². The fourth-order valence-electron chi connectivity index (χ4n) is 1.80. The third kappa shape index (κ3) is 5.01. The minimum absolute atomic E-state index is 0.200. The van der Waals surface area contributed by atoms with Gasteiger partial charge in [0.05, 0.1) is 6.10 Å². The predicted octanol–water partition coefficient (Wildman–Crippen LogP) is 2.34. The van der Waals surface area contributed by atoms with Gasteiger partial charge in [-0.1, -0.05) is 19.4 Å². The molecule has 4 nitrogen and oxygen atoms in total. The van der Waals surface area contributed by atoms with Gasteiger partial charge in [0, 0.05) is 13.0 Å². The fraction of sp³-hybridized carbons (Fsp3) is 0.533. The first-order valence-electron chi connectivity index (χ1n) is 6.72. The number of nitrogens with one attached hydrogen (secondary N) is 1. The van der Waals surface area contributed by atoms with Crippen molar-refractivity contribution in [1.82, 2.24) is 5.32 Å². The molecule has 19 heavy (non-hydrogen) atoms. The molecule has 0 spiro atoms. The van der Waals surface area contributed by atoms with Crippen LogP contribution in [0.25, 0.3) is 0 Å².